The van der Waals surface area contributed by atoms with Crippen molar-refractivity contribution in [2.45, 2.75) is 31.7 Å². The SMILES string of the molecule is O=C(CNS(=O)(=O)NC1CCCC1)Nc1ccc2c(c1)OCO2. The highest BCUT2D eigenvalue weighted by Crippen LogP contribution is 2.34. The summed E-state index contributed by atoms with van der Waals surface area (Å²) in [6.07, 6.45) is 3.73. The molecule has 1 aliphatic carbocycles. The molecule has 2 aliphatic rings. The van der Waals surface area contributed by atoms with E-state index in [2.05, 4.69) is 14.8 Å². The molecule has 0 spiro atoms. The number of anilines is 1. The maximum Gasteiger partial charge on any atom is 0.277 e. The van der Waals surface area contributed by atoms with Crippen molar-refractivity contribution < 1.29 is 22.7 Å². The molecule has 0 unspecified atom stereocenters. The molecule has 126 valence electrons. The number of carbonyl (C=O) groups is 1. The fraction of sp³-hybridized carbons (Fsp3) is 0.500. The van der Waals surface area contributed by atoms with Crippen molar-refractivity contribution in [2.75, 3.05) is 18.7 Å². The third-order valence-corrected chi connectivity index (χ3v) is 4.92. The lowest BCUT2D eigenvalue weighted by Crippen LogP contribution is -2.44. The third-order valence-electron chi connectivity index (χ3n) is 3.76. The molecule has 1 aliphatic heterocycles. The molecule has 1 heterocycles. The Morgan fingerprint density at radius 1 is 1.17 bits per heavy atom. The van der Waals surface area contributed by atoms with E-state index in [9.17, 15) is 13.2 Å². The van der Waals surface area contributed by atoms with Gasteiger partial charge < -0.3 is 14.8 Å². The maximum atomic E-state index is 11.9. The maximum absolute atomic E-state index is 11.9. The average Bonchev–Trinajstić information content (AvgIpc) is 3.15. The first-order valence-corrected chi connectivity index (χ1v) is 8.96. The number of ether oxygens (including phenoxy) is 2. The highest BCUT2D eigenvalue weighted by molar-refractivity contribution is 7.87. The second kappa shape index (κ2) is 6.73. The highest BCUT2D eigenvalue weighted by Gasteiger charge is 2.21. The summed E-state index contributed by atoms with van der Waals surface area (Å²) in [6, 6.07) is 4.94. The molecule has 0 radical (unpaired) electrons. The van der Waals surface area contributed by atoms with E-state index < -0.39 is 16.1 Å². The molecule has 1 saturated carbocycles. The summed E-state index contributed by atoms with van der Waals surface area (Å²) in [4.78, 5) is 11.9. The molecule has 3 N–H and O–H groups in total. The van der Waals surface area contributed by atoms with Gasteiger partial charge in [0.05, 0.1) is 6.54 Å². The van der Waals surface area contributed by atoms with Crippen molar-refractivity contribution in [3.05, 3.63) is 18.2 Å². The Morgan fingerprint density at radius 2 is 1.91 bits per heavy atom. The van der Waals surface area contributed by atoms with E-state index in [4.69, 9.17) is 9.47 Å². The van der Waals surface area contributed by atoms with Gasteiger partial charge >= 0.3 is 0 Å². The van der Waals surface area contributed by atoms with Crippen LogP contribution in [0.15, 0.2) is 18.2 Å². The zero-order valence-corrected chi connectivity index (χ0v) is 13.3. The zero-order valence-electron chi connectivity index (χ0n) is 12.5. The molecule has 0 bridgehead atoms. The Labute approximate surface area is 134 Å². The van der Waals surface area contributed by atoms with Crippen molar-refractivity contribution in [3.63, 3.8) is 0 Å². The minimum absolute atomic E-state index is 0.0376. The Balaban J connectivity index is 1.49. The number of rotatable bonds is 6. The summed E-state index contributed by atoms with van der Waals surface area (Å²) < 4.78 is 38.9. The number of carbonyl (C=O) groups excluding carboxylic acids is 1. The summed E-state index contributed by atoms with van der Waals surface area (Å²) in [5.41, 5.74) is 0.516. The molecule has 8 nitrogen and oxygen atoms in total. The third kappa shape index (κ3) is 4.34. The number of amides is 1. The molecule has 0 aromatic heterocycles. The lowest BCUT2D eigenvalue weighted by molar-refractivity contribution is -0.115. The van der Waals surface area contributed by atoms with Crippen LogP contribution in [0.5, 0.6) is 11.5 Å². The second-order valence-corrected chi connectivity index (χ2v) is 7.07. The summed E-state index contributed by atoms with van der Waals surface area (Å²) in [5, 5.41) is 2.61. The fourth-order valence-corrected chi connectivity index (χ4v) is 3.72. The molecule has 1 aromatic carbocycles. The minimum Gasteiger partial charge on any atom is -0.454 e. The Bertz CT molecular complexity index is 686. The van der Waals surface area contributed by atoms with E-state index in [0.717, 1.165) is 25.7 Å². The Morgan fingerprint density at radius 3 is 2.70 bits per heavy atom. The fourth-order valence-electron chi connectivity index (χ4n) is 2.64. The predicted molar refractivity (Wildman–Crippen MR) is 83.5 cm³/mol. The van der Waals surface area contributed by atoms with Crippen molar-refractivity contribution in [2.24, 2.45) is 0 Å². The average molecular weight is 341 g/mol. The van der Waals surface area contributed by atoms with Crippen LogP contribution in [0.25, 0.3) is 0 Å². The van der Waals surface area contributed by atoms with E-state index in [1.807, 2.05) is 0 Å². The lowest BCUT2D eigenvalue weighted by Gasteiger charge is -2.13. The van der Waals surface area contributed by atoms with Crippen LogP contribution in [0.1, 0.15) is 25.7 Å². The first kappa shape index (κ1) is 16.0. The van der Waals surface area contributed by atoms with Crippen LogP contribution in [0.3, 0.4) is 0 Å². The number of fused-ring (bicyclic) bond motifs is 1. The van der Waals surface area contributed by atoms with E-state index in [1.165, 1.54) is 0 Å². The molecular weight excluding hydrogens is 322 g/mol. The summed E-state index contributed by atoms with van der Waals surface area (Å²) in [6.45, 7) is -0.185. The van der Waals surface area contributed by atoms with Gasteiger partial charge in [-0.05, 0) is 25.0 Å². The van der Waals surface area contributed by atoms with Crippen LogP contribution < -0.4 is 24.2 Å². The lowest BCUT2D eigenvalue weighted by atomic mass is 10.3. The summed E-state index contributed by atoms with van der Waals surface area (Å²) >= 11 is 0. The normalized spacial score (nSPS) is 17.4. The molecule has 9 heteroatoms. The second-order valence-electron chi connectivity index (χ2n) is 5.54. The van der Waals surface area contributed by atoms with Gasteiger partial charge in [0, 0.05) is 17.8 Å². The highest BCUT2D eigenvalue weighted by atomic mass is 32.2. The molecule has 23 heavy (non-hydrogen) atoms. The first-order chi connectivity index (χ1) is 11.0. The monoisotopic (exact) mass is 341 g/mol. The molecule has 3 rings (SSSR count). The number of benzene rings is 1. The van der Waals surface area contributed by atoms with Gasteiger partial charge in [0.15, 0.2) is 11.5 Å². The van der Waals surface area contributed by atoms with Crippen molar-refractivity contribution in [3.8, 4) is 11.5 Å². The quantitative estimate of drug-likeness (QED) is 0.707. The molecule has 1 amide bonds. The van der Waals surface area contributed by atoms with Gasteiger partial charge in [-0.25, -0.2) is 0 Å². The standard InChI is InChI=1S/C14H19N3O5S/c18-14(8-15-23(19,20)17-10-3-1-2-4-10)16-11-5-6-12-13(7-11)22-9-21-12/h5-7,10,15,17H,1-4,8-9H2,(H,16,18). The number of hydrogen-bond donors (Lipinski definition) is 3. The van der Waals surface area contributed by atoms with E-state index in [-0.39, 0.29) is 19.4 Å². The van der Waals surface area contributed by atoms with Gasteiger partial charge in [-0.3, -0.25) is 4.79 Å². The molecule has 1 fully saturated rings. The van der Waals surface area contributed by atoms with Crippen LogP contribution in [-0.4, -0.2) is 33.7 Å². The van der Waals surface area contributed by atoms with Crippen LogP contribution in [-0.2, 0) is 15.0 Å². The van der Waals surface area contributed by atoms with Gasteiger partial charge in [-0.15, -0.1) is 0 Å². The Kier molecular flexibility index (Phi) is 4.69. The summed E-state index contributed by atoms with van der Waals surface area (Å²) in [5.74, 6) is 0.705. The number of nitrogens with one attached hydrogen (secondary N) is 3. The van der Waals surface area contributed by atoms with Gasteiger partial charge in [0.2, 0.25) is 12.7 Å². The number of hydrogen-bond acceptors (Lipinski definition) is 5. The van der Waals surface area contributed by atoms with Gasteiger partial charge in [0.1, 0.15) is 0 Å². The predicted octanol–water partition coefficient (Wildman–Crippen LogP) is 0.720. The zero-order chi connectivity index (χ0) is 16.3. The Hall–Kier alpha value is -1.84. The van der Waals surface area contributed by atoms with Gasteiger partial charge in [0.25, 0.3) is 10.2 Å². The van der Waals surface area contributed by atoms with E-state index >= 15 is 0 Å². The van der Waals surface area contributed by atoms with E-state index in [1.54, 1.807) is 18.2 Å². The van der Waals surface area contributed by atoms with Crippen LogP contribution >= 0.6 is 0 Å². The molecular formula is C14H19N3O5S. The summed E-state index contributed by atoms with van der Waals surface area (Å²) in [7, 11) is -3.67. The van der Waals surface area contributed by atoms with E-state index in [0.29, 0.717) is 17.2 Å². The van der Waals surface area contributed by atoms with Crippen LogP contribution in [0.2, 0.25) is 0 Å². The first-order valence-electron chi connectivity index (χ1n) is 7.48. The topological polar surface area (TPSA) is 106 Å². The largest absolute Gasteiger partial charge is 0.454 e. The minimum atomic E-state index is -3.67. The van der Waals surface area contributed by atoms with Crippen LogP contribution in [0.4, 0.5) is 5.69 Å². The van der Waals surface area contributed by atoms with Gasteiger partial charge in [-0.1, -0.05) is 12.8 Å². The van der Waals surface area contributed by atoms with Crippen molar-refractivity contribution in [1.82, 2.24) is 9.44 Å². The molecule has 0 atom stereocenters. The van der Waals surface area contributed by atoms with Crippen molar-refractivity contribution >= 4 is 21.8 Å². The molecule has 0 saturated heterocycles. The van der Waals surface area contributed by atoms with Gasteiger partial charge in [-0.2, -0.15) is 17.9 Å². The van der Waals surface area contributed by atoms with Crippen molar-refractivity contribution in [1.29, 1.82) is 0 Å². The smallest absolute Gasteiger partial charge is 0.277 e. The van der Waals surface area contributed by atoms with Crippen LogP contribution in [0, 0.1) is 0 Å². The molecule has 1 aromatic rings.